The van der Waals surface area contributed by atoms with Gasteiger partial charge in [0, 0.05) is 30.5 Å². The number of carbonyl (C=O) groups is 1. The second-order valence-corrected chi connectivity index (χ2v) is 10.8. The van der Waals surface area contributed by atoms with E-state index in [2.05, 4.69) is 25.9 Å². The fraction of sp³-hybridized carbons (Fsp3) is 0.320. The molecule has 0 spiro atoms. The van der Waals surface area contributed by atoms with Gasteiger partial charge in [0.2, 0.25) is 11.9 Å². The minimum absolute atomic E-state index is 0.154. The van der Waals surface area contributed by atoms with Crippen LogP contribution in [0.3, 0.4) is 0 Å². The highest BCUT2D eigenvalue weighted by Crippen LogP contribution is 2.20. The number of ether oxygens (including phenoxy) is 1. The maximum atomic E-state index is 12.3. The van der Waals surface area contributed by atoms with Crippen molar-refractivity contribution in [2.24, 2.45) is 0 Å². The average molecular weight is 498 g/mol. The zero-order valence-electron chi connectivity index (χ0n) is 20.3. The SMILES string of the molecule is COc1ccc(Nc2cc(C)nc(NCCNC(=O)Cc3ccc(S(=O)(=O)C(C)C)cc3)n2)cc1. The second-order valence-electron chi connectivity index (χ2n) is 8.26. The van der Waals surface area contributed by atoms with Crippen molar-refractivity contribution in [3.8, 4) is 5.75 Å². The van der Waals surface area contributed by atoms with E-state index in [0.29, 0.717) is 24.9 Å². The molecule has 0 aliphatic rings. The molecular formula is C25H31N5O4S. The fourth-order valence-electron chi connectivity index (χ4n) is 3.23. The van der Waals surface area contributed by atoms with Gasteiger partial charge in [-0.2, -0.15) is 4.98 Å². The van der Waals surface area contributed by atoms with Crippen molar-refractivity contribution in [2.75, 3.05) is 30.8 Å². The van der Waals surface area contributed by atoms with Crippen LogP contribution in [0.25, 0.3) is 0 Å². The summed E-state index contributed by atoms with van der Waals surface area (Å²) in [6, 6.07) is 15.8. The highest BCUT2D eigenvalue weighted by Gasteiger charge is 2.18. The molecule has 35 heavy (non-hydrogen) atoms. The van der Waals surface area contributed by atoms with Gasteiger partial charge in [0.05, 0.1) is 23.7 Å². The minimum atomic E-state index is -3.32. The molecule has 186 valence electrons. The molecule has 3 rings (SSSR count). The van der Waals surface area contributed by atoms with E-state index in [1.165, 1.54) is 0 Å². The standard InChI is InChI=1S/C25H31N5O4S/c1-17(2)35(32,33)22-11-5-19(6-12-22)16-24(31)26-13-14-27-25-28-18(3)15-23(30-25)29-20-7-9-21(34-4)10-8-20/h5-12,15,17H,13-14,16H2,1-4H3,(H,26,31)(H2,27,28,29,30). The van der Waals surface area contributed by atoms with E-state index in [1.54, 1.807) is 45.2 Å². The first kappa shape index (κ1) is 26.0. The van der Waals surface area contributed by atoms with Crippen LogP contribution in [0.2, 0.25) is 0 Å². The van der Waals surface area contributed by atoms with Crippen LogP contribution in [0.4, 0.5) is 17.5 Å². The van der Waals surface area contributed by atoms with E-state index in [-0.39, 0.29) is 17.2 Å². The molecule has 0 fully saturated rings. The number of methoxy groups -OCH3 is 1. The largest absolute Gasteiger partial charge is 0.497 e. The first-order valence-electron chi connectivity index (χ1n) is 11.3. The molecule has 3 N–H and O–H groups in total. The molecule has 0 aliphatic carbocycles. The Kier molecular flexibility index (Phi) is 8.64. The Hall–Kier alpha value is -3.66. The van der Waals surface area contributed by atoms with Gasteiger partial charge in [0.1, 0.15) is 11.6 Å². The van der Waals surface area contributed by atoms with Gasteiger partial charge in [0.25, 0.3) is 0 Å². The fourth-order valence-corrected chi connectivity index (χ4v) is 4.29. The van der Waals surface area contributed by atoms with Crippen LogP contribution >= 0.6 is 0 Å². The van der Waals surface area contributed by atoms with Gasteiger partial charge in [-0.15, -0.1) is 0 Å². The van der Waals surface area contributed by atoms with Gasteiger partial charge in [-0.1, -0.05) is 12.1 Å². The minimum Gasteiger partial charge on any atom is -0.497 e. The lowest BCUT2D eigenvalue weighted by Gasteiger charge is -2.11. The monoisotopic (exact) mass is 497 g/mol. The maximum absolute atomic E-state index is 12.3. The van der Waals surface area contributed by atoms with Gasteiger partial charge < -0.3 is 20.7 Å². The number of nitrogens with zero attached hydrogens (tertiary/aromatic N) is 2. The maximum Gasteiger partial charge on any atom is 0.224 e. The van der Waals surface area contributed by atoms with Crippen molar-refractivity contribution < 1.29 is 17.9 Å². The molecule has 10 heteroatoms. The third-order valence-corrected chi connectivity index (χ3v) is 7.35. The molecular weight excluding hydrogens is 466 g/mol. The molecule has 0 saturated heterocycles. The lowest BCUT2D eigenvalue weighted by molar-refractivity contribution is -0.120. The van der Waals surface area contributed by atoms with E-state index >= 15 is 0 Å². The molecule has 3 aromatic rings. The Balaban J connectivity index is 1.47. The first-order valence-corrected chi connectivity index (χ1v) is 12.8. The van der Waals surface area contributed by atoms with Crippen molar-refractivity contribution >= 4 is 33.2 Å². The quantitative estimate of drug-likeness (QED) is 0.344. The third-order valence-electron chi connectivity index (χ3n) is 5.18. The zero-order chi connectivity index (χ0) is 25.4. The van der Waals surface area contributed by atoms with Gasteiger partial charge in [-0.3, -0.25) is 4.79 Å². The number of aryl methyl sites for hydroxylation is 1. The summed E-state index contributed by atoms with van der Waals surface area (Å²) in [5.74, 6) is 1.72. The smallest absolute Gasteiger partial charge is 0.224 e. The van der Waals surface area contributed by atoms with Gasteiger partial charge in [0.15, 0.2) is 9.84 Å². The number of carbonyl (C=O) groups excluding carboxylic acids is 1. The van der Waals surface area contributed by atoms with Crippen LogP contribution in [-0.4, -0.2) is 49.7 Å². The number of aromatic nitrogens is 2. The summed E-state index contributed by atoms with van der Waals surface area (Å²) in [4.78, 5) is 21.4. The summed E-state index contributed by atoms with van der Waals surface area (Å²) in [6.45, 7) is 6.00. The van der Waals surface area contributed by atoms with Gasteiger partial charge >= 0.3 is 0 Å². The normalized spacial score (nSPS) is 11.2. The number of sulfone groups is 1. The topological polar surface area (TPSA) is 122 Å². The molecule has 0 bridgehead atoms. The average Bonchev–Trinajstić information content (AvgIpc) is 2.82. The summed E-state index contributed by atoms with van der Waals surface area (Å²) >= 11 is 0. The van der Waals surface area contributed by atoms with Crippen molar-refractivity contribution in [1.29, 1.82) is 0 Å². The van der Waals surface area contributed by atoms with Gasteiger partial charge in [-0.05, 0) is 62.7 Å². The van der Waals surface area contributed by atoms with E-state index in [9.17, 15) is 13.2 Å². The van der Waals surface area contributed by atoms with Crippen LogP contribution in [0.5, 0.6) is 5.75 Å². The number of anilines is 3. The van der Waals surface area contributed by atoms with Crippen molar-refractivity contribution in [1.82, 2.24) is 15.3 Å². The summed E-state index contributed by atoms with van der Waals surface area (Å²) < 4.78 is 29.6. The van der Waals surface area contributed by atoms with Crippen molar-refractivity contribution in [2.45, 2.75) is 37.3 Å². The Labute approximate surface area is 206 Å². The molecule has 9 nitrogen and oxygen atoms in total. The highest BCUT2D eigenvalue weighted by atomic mass is 32.2. The van der Waals surface area contributed by atoms with Crippen molar-refractivity contribution in [3.05, 3.63) is 65.9 Å². The Morgan fingerprint density at radius 2 is 1.69 bits per heavy atom. The Bertz CT molecular complexity index is 1240. The van der Waals surface area contributed by atoms with Crippen LogP contribution < -0.4 is 20.7 Å². The first-order chi connectivity index (χ1) is 16.7. The van der Waals surface area contributed by atoms with Crippen molar-refractivity contribution in [3.63, 3.8) is 0 Å². The van der Waals surface area contributed by atoms with Crippen LogP contribution in [-0.2, 0) is 21.1 Å². The number of rotatable bonds is 11. The summed E-state index contributed by atoms with van der Waals surface area (Å²) in [5.41, 5.74) is 2.41. The Morgan fingerprint density at radius 3 is 2.31 bits per heavy atom. The number of hydrogen-bond donors (Lipinski definition) is 3. The third kappa shape index (κ3) is 7.41. The molecule has 0 saturated carbocycles. The number of amides is 1. The number of benzene rings is 2. The van der Waals surface area contributed by atoms with E-state index in [4.69, 9.17) is 4.74 Å². The second kappa shape index (κ2) is 11.7. The molecule has 1 aromatic heterocycles. The zero-order valence-corrected chi connectivity index (χ0v) is 21.1. The molecule has 0 unspecified atom stereocenters. The van der Waals surface area contributed by atoms with Crippen LogP contribution in [0.15, 0.2) is 59.5 Å². The number of nitrogens with one attached hydrogen (secondary N) is 3. The molecule has 0 atom stereocenters. The predicted molar refractivity (Wildman–Crippen MR) is 137 cm³/mol. The Morgan fingerprint density at radius 1 is 1.00 bits per heavy atom. The molecule has 2 aromatic carbocycles. The summed E-state index contributed by atoms with van der Waals surface area (Å²) in [5, 5.41) is 8.71. The highest BCUT2D eigenvalue weighted by molar-refractivity contribution is 7.92. The molecule has 0 aliphatic heterocycles. The summed E-state index contributed by atoms with van der Waals surface area (Å²) in [6.07, 6.45) is 0.166. The molecule has 0 radical (unpaired) electrons. The van der Waals surface area contributed by atoms with E-state index in [0.717, 1.165) is 22.7 Å². The molecule has 1 amide bonds. The molecule has 1 heterocycles. The van der Waals surface area contributed by atoms with Crippen LogP contribution in [0.1, 0.15) is 25.1 Å². The lowest BCUT2D eigenvalue weighted by Crippen LogP contribution is -2.30. The van der Waals surface area contributed by atoms with Gasteiger partial charge in [-0.25, -0.2) is 13.4 Å². The lowest BCUT2D eigenvalue weighted by atomic mass is 10.1. The van der Waals surface area contributed by atoms with Crippen LogP contribution in [0, 0.1) is 6.92 Å². The van der Waals surface area contributed by atoms with E-state index in [1.807, 2.05) is 37.3 Å². The van der Waals surface area contributed by atoms with E-state index < -0.39 is 15.1 Å². The number of hydrogen-bond acceptors (Lipinski definition) is 8. The summed E-state index contributed by atoms with van der Waals surface area (Å²) in [7, 11) is -1.70. The predicted octanol–water partition coefficient (Wildman–Crippen LogP) is 3.49.